The van der Waals surface area contributed by atoms with Gasteiger partial charge in [-0.25, -0.2) is 9.38 Å². The van der Waals surface area contributed by atoms with Crippen molar-refractivity contribution >= 4 is 11.9 Å². The van der Waals surface area contributed by atoms with Gasteiger partial charge in [-0.1, -0.05) is 19.1 Å². The van der Waals surface area contributed by atoms with Crippen LogP contribution in [0.3, 0.4) is 0 Å². The third-order valence-corrected chi connectivity index (χ3v) is 4.63. The Morgan fingerprint density at radius 3 is 2.88 bits per heavy atom. The lowest BCUT2D eigenvalue weighted by Crippen LogP contribution is -2.47. The number of aliphatic imine (C=N–C) groups is 1. The number of hydrogen-bond donors (Lipinski definition) is 2. The number of benzene rings is 1. The van der Waals surface area contributed by atoms with Crippen LogP contribution in [0.1, 0.15) is 25.3 Å². The molecule has 2 rings (SSSR count). The quantitative estimate of drug-likeness (QED) is 0.568. The van der Waals surface area contributed by atoms with E-state index in [0.717, 1.165) is 31.6 Å². The zero-order chi connectivity index (χ0) is 18.9. The van der Waals surface area contributed by atoms with Crippen LogP contribution in [0.2, 0.25) is 0 Å². The van der Waals surface area contributed by atoms with Gasteiger partial charge in [0.15, 0.2) is 5.96 Å². The zero-order valence-electron chi connectivity index (χ0n) is 16.0. The fourth-order valence-corrected chi connectivity index (χ4v) is 3.05. The minimum absolute atomic E-state index is 0.0266. The molecule has 6 nitrogen and oxygen atoms in total. The molecule has 0 aliphatic carbocycles. The first-order chi connectivity index (χ1) is 12.5. The van der Waals surface area contributed by atoms with Crippen molar-refractivity contribution in [2.75, 3.05) is 40.3 Å². The molecule has 0 bridgehead atoms. The number of likely N-dealkylation sites (N-methyl/N-ethyl adjacent to an activating group) is 2. The molecule has 1 atom stereocenters. The fraction of sp³-hybridized carbons (Fsp3) is 0.579. The summed E-state index contributed by atoms with van der Waals surface area (Å²) in [6, 6.07) is 6.88. The van der Waals surface area contributed by atoms with E-state index in [1.807, 2.05) is 6.07 Å². The first-order valence-electron chi connectivity index (χ1n) is 9.20. The van der Waals surface area contributed by atoms with Crippen molar-refractivity contribution in [1.82, 2.24) is 20.4 Å². The number of carbonyl (C=O) groups is 1. The molecule has 1 aliphatic heterocycles. The van der Waals surface area contributed by atoms with Crippen LogP contribution in [0.4, 0.5) is 4.39 Å². The highest BCUT2D eigenvalue weighted by atomic mass is 19.1. The minimum atomic E-state index is -0.271. The first kappa shape index (κ1) is 20.2. The monoisotopic (exact) mass is 363 g/mol. The molecule has 0 saturated carbocycles. The van der Waals surface area contributed by atoms with Crippen LogP contribution < -0.4 is 10.6 Å². The van der Waals surface area contributed by atoms with Crippen molar-refractivity contribution < 1.29 is 9.18 Å². The van der Waals surface area contributed by atoms with Crippen LogP contribution in [0.25, 0.3) is 0 Å². The van der Waals surface area contributed by atoms with Gasteiger partial charge < -0.3 is 15.5 Å². The van der Waals surface area contributed by atoms with Crippen LogP contribution >= 0.6 is 0 Å². The smallest absolute Gasteiger partial charge is 0.241 e. The molecule has 144 valence electrons. The van der Waals surface area contributed by atoms with E-state index in [0.29, 0.717) is 18.5 Å². The summed E-state index contributed by atoms with van der Waals surface area (Å²) in [6.07, 6.45) is 2.37. The molecule has 1 aliphatic rings. The predicted molar refractivity (Wildman–Crippen MR) is 103 cm³/mol. The lowest BCUT2D eigenvalue weighted by Gasteiger charge is -2.24. The number of rotatable bonds is 7. The Bertz CT molecular complexity index is 620. The van der Waals surface area contributed by atoms with Crippen LogP contribution in [0.15, 0.2) is 29.3 Å². The molecular formula is C19H30FN5O. The third kappa shape index (κ3) is 6.29. The highest BCUT2D eigenvalue weighted by molar-refractivity contribution is 5.86. The molecule has 0 radical (unpaired) electrons. The summed E-state index contributed by atoms with van der Waals surface area (Å²) in [7, 11) is 3.44. The average Bonchev–Trinajstić information content (AvgIpc) is 3.08. The van der Waals surface area contributed by atoms with E-state index in [1.54, 1.807) is 20.2 Å². The second kappa shape index (κ2) is 10.1. The van der Waals surface area contributed by atoms with Gasteiger partial charge in [0.1, 0.15) is 5.82 Å². The number of nitrogens with one attached hydrogen (secondary N) is 2. The van der Waals surface area contributed by atoms with Crippen molar-refractivity contribution in [3.63, 3.8) is 0 Å². The second-order valence-electron chi connectivity index (χ2n) is 6.74. The summed E-state index contributed by atoms with van der Waals surface area (Å²) in [6.45, 7) is 5.64. The molecular weight excluding hydrogens is 333 g/mol. The van der Waals surface area contributed by atoms with Gasteiger partial charge in [-0.05, 0) is 43.6 Å². The fourth-order valence-electron chi connectivity index (χ4n) is 3.05. The van der Waals surface area contributed by atoms with Crippen LogP contribution in [0, 0.1) is 5.82 Å². The van der Waals surface area contributed by atoms with E-state index in [2.05, 4.69) is 27.4 Å². The van der Waals surface area contributed by atoms with Crippen molar-refractivity contribution in [3.05, 3.63) is 35.6 Å². The molecule has 2 N–H and O–H groups in total. The first-order valence-corrected chi connectivity index (χ1v) is 9.20. The van der Waals surface area contributed by atoms with Crippen molar-refractivity contribution in [1.29, 1.82) is 0 Å². The molecule has 0 spiro atoms. The van der Waals surface area contributed by atoms with E-state index < -0.39 is 0 Å². The van der Waals surface area contributed by atoms with Gasteiger partial charge in [-0.2, -0.15) is 0 Å². The van der Waals surface area contributed by atoms with E-state index in [1.165, 1.54) is 23.5 Å². The largest absolute Gasteiger partial charge is 0.355 e. The molecule has 1 heterocycles. The minimum Gasteiger partial charge on any atom is -0.355 e. The van der Waals surface area contributed by atoms with Crippen molar-refractivity contribution in [3.8, 4) is 0 Å². The van der Waals surface area contributed by atoms with E-state index in [-0.39, 0.29) is 18.3 Å². The number of hydrogen-bond acceptors (Lipinski definition) is 3. The van der Waals surface area contributed by atoms with Gasteiger partial charge in [0.2, 0.25) is 5.91 Å². The molecule has 26 heavy (non-hydrogen) atoms. The molecule has 1 amide bonds. The Kier molecular flexibility index (Phi) is 7.84. The predicted octanol–water partition coefficient (Wildman–Crippen LogP) is 1.43. The number of likely N-dealkylation sites (tertiary alicyclic amines) is 1. The topological polar surface area (TPSA) is 60.0 Å². The Morgan fingerprint density at radius 1 is 1.38 bits per heavy atom. The Morgan fingerprint density at radius 2 is 2.19 bits per heavy atom. The summed E-state index contributed by atoms with van der Waals surface area (Å²) < 4.78 is 13.3. The molecule has 7 heteroatoms. The molecule has 0 aromatic heterocycles. The summed E-state index contributed by atoms with van der Waals surface area (Å²) >= 11 is 0. The molecule has 1 fully saturated rings. The van der Waals surface area contributed by atoms with Gasteiger partial charge >= 0.3 is 0 Å². The van der Waals surface area contributed by atoms with Crippen LogP contribution in [0.5, 0.6) is 0 Å². The van der Waals surface area contributed by atoms with Crippen molar-refractivity contribution in [2.45, 2.75) is 32.4 Å². The van der Waals surface area contributed by atoms with Gasteiger partial charge in [0.05, 0.1) is 13.1 Å². The number of halogens is 1. The molecule has 1 aromatic rings. The highest BCUT2D eigenvalue weighted by Gasteiger charge is 2.22. The number of guanidine groups is 1. The third-order valence-electron chi connectivity index (χ3n) is 4.63. The van der Waals surface area contributed by atoms with Gasteiger partial charge in [-0.15, -0.1) is 0 Å². The second-order valence-corrected chi connectivity index (χ2v) is 6.74. The standard InChI is InChI=1S/C19H30FN5O/c1-4-25-10-6-9-17(25)13-22-19(23-14-18(26)24(2)3)21-12-15-7-5-8-16(20)11-15/h5,7-8,11,17H,4,6,9-10,12-14H2,1-3H3,(H2,21,22,23). The normalized spacial score (nSPS) is 18.0. The van der Waals surface area contributed by atoms with Crippen molar-refractivity contribution in [2.24, 2.45) is 4.99 Å². The molecule has 1 unspecified atom stereocenters. The maximum Gasteiger partial charge on any atom is 0.241 e. The lowest BCUT2D eigenvalue weighted by molar-refractivity contribution is -0.127. The van der Waals surface area contributed by atoms with Gasteiger partial charge in [0.25, 0.3) is 0 Å². The van der Waals surface area contributed by atoms with Gasteiger partial charge in [-0.3, -0.25) is 9.69 Å². The number of carbonyl (C=O) groups excluding carboxylic acids is 1. The average molecular weight is 363 g/mol. The maximum absolute atomic E-state index is 13.3. The summed E-state index contributed by atoms with van der Waals surface area (Å²) in [5, 5.41) is 6.42. The summed E-state index contributed by atoms with van der Waals surface area (Å²) in [4.78, 5) is 20.3. The Balaban J connectivity index is 1.97. The lowest BCUT2D eigenvalue weighted by atomic mass is 10.2. The van der Waals surface area contributed by atoms with Crippen LogP contribution in [-0.4, -0.2) is 68.0 Å². The Hall–Kier alpha value is -2.15. The van der Waals surface area contributed by atoms with E-state index in [9.17, 15) is 9.18 Å². The van der Waals surface area contributed by atoms with Gasteiger partial charge in [0, 0.05) is 26.7 Å². The van der Waals surface area contributed by atoms with Crippen LogP contribution in [-0.2, 0) is 11.3 Å². The van der Waals surface area contributed by atoms with E-state index in [4.69, 9.17) is 0 Å². The summed E-state index contributed by atoms with van der Waals surface area (Å²) in [5.74, 6) is 0.279. The summed E-state index contributed by atoms with van der Waals surface area (Å²) in [5.41, 5.74) is 0.793. The molecule has 1 aromatic carbocycles. The maximum atomic E-state index is 13.3. The van der Waals surface area contributed by atoms with E-state index >= 15 is 0 Å². The highest BCUT2D eigenvalue weighted by Crippen LogP contribution is 2.15. The zero-order valence-corrected chi connectivity index (χ0v) is 16.0. The molecule has 1 saturated heterocycles. The number of nitrogens with zero attached hydrogens (tertiary/aromatic N) is 3. The Labute approximate surface area is 155 Å². The SMILES string of the molecule is CCN1CCCC1CNC(=NCc1cccc(F)c1)NCC(=O)N(C)C. The number of amides is 1.